The Morgan fingerprint density at radius 2 is 2.00 bits per heavy atom. The van der Waals surface area contributed by atoms with E-state index in [1.807, 2.05) is 6.07 Å². The predicted octanol–water partition coefficient (Wildman–Crippen LogP) is 2.91. The SMILES string of the molecule is CC(C)(C)c1nc(N)cc(NCC2CCSCC2)n1. The molecule has 1 saturated heterocycles. The average molecular weight is 280 g/mol. The van der Waals surface area contributed by atoms with Gasteiger partial charge in [0.25, 0.3) is 0 Å². The van der Waals surface area contributed by atoms with Gasteiger partial charge in [-0.05, 0) is 30.3 Å². The van der Waals surface area contributed by atoms with Gasteiger partial charge in [-0.15, -0.1) is 0 Å². The first-order valence-corrected chi connectivity index (χ1v) is 8.07. The average Bonchev–Trinajstić information content (AvgIpc) is 2.36. The molecular weight excluding hydrogens is 256 g/mol. The highest BCUT2D eigenvalue weighted by atomic mass is 32.2. The van der Waals surface area contributed by atoms with E-state index in [0.717, 1.165) is 24.1 Å². The molecule has 1 aliphatic heterocycles. The molecule has 1 aromatic rings. The van der Waals surface area contributed by atoms with E-state index < -0.39 is 0 Å². The fraction of sp³-hybridized carbons (Fsp3) is 0.714. The fourth-order valence-corrected chi connectivity index (χ4v) is 3.30. The van der Waals surface area contributed by atoms with Crippen molar-refractivity contribution in [2.24, 2.45) is 5.92 Å². The van der Waals surface area contributed by atoms with Crippen LogP contribution in [0.2, 0.25) is 0 Å². The van der Waals surface area contributed by atoms with Crippen LogP contribution in [0.15, 0.2) is 6.07 Å². The van der Waals surface area contributed by atoms with Gasteiger partial charge in [-0.2, -0.15) is 11.8 Å². The van der Waals surface area contributed by atoms with Crippen molar-refractivity contribution in [2.75, 3.05) is 29.1 Å². The molecule has 0 radical (unpaired) electrons. The molecule has 0 spiro atoms. The van der Waals surface area contributed by atoms with Crippen LogP contribution in [0.4, 0.5) is 11.6 Å². The molecule has 1 aromatic heterocycles. The maximum absolute atomic E-state index is 5.87. The second-order valence-corrected chi connectivity index (χ2v) is 7.41. The Balaban J connectivity index is 2.01. The number of nitrogens with one attached hydrogen (secondary N) is 1. The Labute approximate surface area is 120 Å². The van der Waals surface area contributed by atoms with Crippen LogP contribution >= 0.6 is 11.8 Å². The number of thioether (sulfide) groups is 1. The Morgan fingerprint density at radius 1 is 1.32 bits per heavy atom. The molecular formula is C14H24N4S. The zero-order valence-electron chi connectivity index (χ0n) is 12.1. The van der Waals surface area contributed by atoms with E-state index in [2.05, 4.69) is 47.8 Å². The van der Waals surface area contributed by atoms with Crippen molar-refractivity contribution >= 4 is 23.4 Å². The van der Waals surface area contributed by atoms with Crippen molar-refractivity contribution in [3.63, 3.8) is 0 Å². The van der Waals surface area contributed by atoms with Crippen LogP contribution in [0.3, 0.4) is 0 Å². The van der Waals surface area contributed by atoms with Gasteiger partial charge in [-0.25, -0.2) is 9.97 Å². The van der Waals surface area contributed by atoms with E-state index in [4.69, 9.17) is 5.73 Å². The van der Waals surface area contributed by atoms with Gasteiger partial charge >= 0.3 is 0 Å². The fourth-order valence-electron chi connectivity index (χ4n) is 2.09. The standard InChI is InChI=1S/C14H24N4S/c1-14(2,3)13-17-11(15)8-12(18-13)16-9-10-4-6-19-7-5-10/h8,10H,4-7,9H2,1-3H3,(H3,15,16,17,18). The summed E-state index contributed by atoms with van der Waals surface area (Å²) in [4.78, 5) is 8.91. The highest BCUT2D eigenvalue weighted by Crippen LogP contribution is 2.24. The Kier molecular flexibility index (Phi) is 4.55. The summed E-state index contributed by atoms with van der Waals surface area (Å²) < 4.78 is 0. The van der Waals surface area contributed by atoms with Crippen molar-refractivity contribution in [2.45, 2.75) is 39.0 Å². The number of rotatable bonds is 3. The summed E-state index contributed by atoms with van der Waals surface area (Å²) in [5.41, 5.74) is 5.79. The minimum atomic E-state index is -0.0761. The number of nitrogens with zero attached hydrogens (tertiary/aromatic N) is 2. The molecule has 106 valence electrons. The lowest BCUT2D eigenvalue weighted by Crippen LogP contribution is -2.22. The number of hydrogen-bond acceptors (Lipinski definition) is 5. The largest absolute Gasteiger partial charge is 0.384 e. The van der Waals surface area contributed by atoms with Crippen LogP contribution in [-0.4, -0.2) is 28.0 Å². The molecule has 0 bridgehead atoms. The highest BCUT2D eigenvalue weighted by molar-refractivity contribution is 7.99. The quantitative estimate of drug-likeness (QED) is 0.891. The lowest BCUT2D eigenvalue weighted by Gasteiger charge is -2.22. The predicted molar refractivity (Wildman–Crippen MR) is 83.7 cm³/mol. The van der Waals surface area contributed by atoms with Crippen molar-refractivity contribution in [3.05, 3.63) is 11.9 Å². The molecule has 3 N–H and O–H groups in total. The zero-order valence-corrected chi connectivity index (χ0v) is 12.9. The molecule has 0 aliphatic carbocycles. The maximum Gasteiger partial charge on any atom is 0.138 e. The molecule has 0 unspecified atom stereocenters. The third-order valence-corrected chi connectivity index (χ3v) is 4.38. The summed E-state index contributed by atoms with van der Waals surface area (Å²) in [6.07, 6.45) is 2.59. The van der Waals surface area contributed by atoms with Gasteiger partial charge in [0.2, 0.25) is 0 Å². The third-order valence-electron chi connectivity index (χ3n) is 3.33. The maximum atomic E-state index is 5.87. The summed E-state index contributed by atoms with van der Waals surface area (Å²) >= 11 is 2.06. The van der Waals surface area contributed by atoms with Crippen molar-refractivity contribution in [1.29, 1.82) is 0 Å². The second kappa shape index (κ2) is 5.99. The Morgan fingerprint density at radius 3 is 2.63 bits per heavy atom. The summed E-state index contributed by atoms with van der Waals surface area (Å²) in [7, 11) is 0. The van der Waals surface area contributed by atoms with Gasteiger partial charge in [0.15, 0.2) is 0 Å². The molecule has 1 fully saturated rings. The number of hydrogen-bond donors (Lipinski definition) is 2. The molecule has 2 heterocycles. The van der Waals surface area contributed by atoms with Gasteiger partial charge in [0, 0.05) is 18.0 Å². The molecule has 5 heteroatoms. The first kappa shape index (κ1) is 14.4. The minimum Gasteiger partial charge on any atom is -0.384 e. The molecule has 4 nitrogen and oxygen atoms in total. The molecule has 0 atom stereocenters. The molecule has 19 heavy (non-hydrogen) atoms. The summed E-state index contributed by atoms with van der Waals surface area (Å²) in [6, 6.07) is 1.83. The first-order chi connectivity index (χ1) is 8.95. The molecule has 1 aliphatic rings. The van der Waals surface area contributed by atoms with Gasteiger partial charge in [-0.3, -0.25) is 0 Å². The Hall–Kier alpha value is -0.970. The van der Waals surface area contributed by atoms with E-state index in [-0.39, 0.29) is 5.41 Å². The topological polar surface area (TPSA) is 63.8 Å². The van der Waals surface area contributed by atoms with E-state index in [1.165, 1.54) is 24.3 Å². The summed E-state index contributed by atoms with van der Waals surface area (Å²) in [6.45, 7) is 7.29. The summed E-state index contributed by atoms with van der Waals surface area (Å²) in [5, 5.41) is 3.43. The molecule has 0 amide bonds. The van der Waals surface area contributed by atoms with Crippen LogP contribution in [0.25, 0.3) is 0 Å². The zero-order chi connectivity index (χ0) is 13.9. The normalized spacial score (nSPS) is 17.4. The van der Waals surface area contributed by atoms with Crippen molar-refractivity contribution < 1.29 is 0 Å². The third kappa shape index (κ3) is 4.27. The minimum absolute atomic E-state index is 0.0761. The lowest BCUT2D eigenvalue weighted by atomic mass is 9.96. The van der Waals surface area contributed by atoms with Gasteiger partial charge < -0.3 is 11.1 Å². The van der Waals surface area contributed by atoms with Crippen LogP contribution in [-0.2, 0) is 5.41 Å². The van der Waals surface area contributed by atoms with Gasteiger partial charge in [0.1, 0.15) is 17.5 Å². The van der Waals surface area contributed by atoms with Crippen LogP contribution < -0.4 is 11.1 Å². The highest BCUT2D eigenvalue weighted by Gasteiger charge is 2.19. The number of aromatic nitrogens is 2. The van der Waals surface area contributed by atoms with Crippen molar-refractivity contribution in [1.82, 2.24) is 9.97 Å². The van der Waals surface area contributed by atoms with E-state index >= 15 is 0 Å². The first-order valence-electron chi connectivity index (χ1n) is 6.92. The molecule has 0 saturated carbocycles. The monoisotopic (exact) mass is 280 g/mol. The second-order valence-electron chi connectivity index (χ2n) is 6.19. The number of nitrogen functional groups attached to an aromatic ring is 1. The van der Waals surface area contributed by atoms with Crippen LogP contribution in [0, 0.1) is 5.92 Å². The van der Waals surface area contributed by atoms with E-state index in [9.17, 15) is 0 Å². The smallest absolute Gasteiger partial charge is 0.138 e. The van der Waals surface area contributed by atoms with Crippen molar-refractivity contribution in [3.8, 4) is 0 Å². The lowest BCUT2D eigenvalue weighted by molar-refractivity contribution is 0.513. The van der Waals surface area contributed by atoms with Gasteiger partial charge in [-0.1, -0.05) is 20.8 Å². The number of nitrogens with two attached hydrogens (primary N) is 1. The number of anilines is 2. The van der Waals surface area contributed by atoms with Crippen LogP contribution in [0.5, 0.6) is 0 Å². The summed E-state index contributed by atoms with van der Waals surface area (Å²) in [5.74, 6) is 5.53. The Bertz CT molecular complexity index is 422. The molecule has 2 rings (SSSR count). The van der Waals surface area contributed by atoms with Crippen LogP contribution in [0.1, 0.15) is 39.4 Å². The molecule has 0 aromatic carbocycles. The van der Waals surface area contributed by atoms with Gasteiger partial charge in [0.05, 0.1) is 0 Å². The van der Waals surface area contributed by atoms with E-state index in [1.54, 1.807) is 0 Å². The van der Waals surface area contributed by atoms with E-state index in [0.29, 0.717) is 5.82 Å².